The summed E-state index contributed by atoms with van der Waals surface area (Å²) in [6.45, 7) is 2.78. The van der Waals surface area contributed by atoms with Gasteiger partial charge in [-0.05, 0) is 26.2 Å². The van der Waals surface area contributed by atoms with Crippen molar-refractivity contribution >= 4 is 5.91 Å². The van der Waals surface area contributed by atoms with E-state index >= 15 is 0 Å². The second-order valence-electron chi connectivity index (χ2n) is 5.69. The van der Waals surface area contributed by atoms with E-state index in [9.17, 15) is 4.79 Å². The quantitative estimate of drug-likeness (QED) is 0.941. The minimum Gasteiger partial charge on any atom is -0.346 e. The highest BCUT2D eigenvalue weighted by Crippen LogP contribution is 2.32. The number of aromatic amines is 1. The number of aromatic nitrogens is 2. The molecule has 0 spiro atoms. The van der Waals surface area contributed by atoms with Gasteiger partial charge >= 0.3 is 0 Å². The molecule has 0 fully saturated rings. The van der Waals surface area contributed by atoms with E-state index in [4.69, 9.17) is 0 Å². The molecular formula is C17H21N3O. The van der Waals surface area contributed by atoms with Crippen LogP contribution in [0.25, 0.3) is 11.3 Å². The van der Waals surface area contributed by atoms with E-state index in [0.29, 0.717) is 0 Å². The number of fused-ring (bicyclic) bond motifs is 1. The van der Waals surface area contributed by atoms with Crippen LogP contribution < -0.4 is 0 Å². The van der Waals surface area contributed by atoms with Gasteiger partial charge in [-0.25, -0.2) is 0 Å². The highest BCUT2D eigenvalue weighted by Gasteiger charge is 2.29. The molecule has 21 heavy (non-hydrogen) atoms. The summed E-state index contributed by atoms with van der Waals surface area (Å²) in [6.07, 6.45) is 2.61. The maximum Gasteiger partial charge on any atom is 0.225 e. The molecule has 0 saturated carbocycles. The summed E-state index contributed by atoms with van der Waals surface area (Å²) in [4.78, 5) is 14.2. The Morgan fingerprint density at radius 2 is 2.14 bits per heavy atom. The molecule has 110 valence electrons. The number of benzene rings is 1. The third-order valence-electron chi connectivity index (χ3n) is 4.39. The number of rotatable bonds is 3. The number of nitrogens with one attached hydrogen (secondary N) is 1. The van der Waals surface area contributed by atoms with Gasteiger partial charge in [-0.3, -0.25) is 9.89 Å². The van der Waals surface area contributed by atoms with Gasteiger partial charge in [-0.2, -0.15) is 5.10 Å². The van der Waals surface area contributed by atoms with Crippen molar-refractivity contribution in [2.75, 3.05) is 13.6 Å². The van der Waals surface area contributed by atoms with Gasteiger partial charge in [0.05, 0.1) is 5.69 Å². The van der Waals surface area contributed by atoms with Crippen molar-refractivity contribution in [3.8, 4) is 11.3 Å². The Bertz CT molecular complexity index is 633. The zero-order valence-corrected chi connectivity index (χ0v) is 12.6. The molecule has 0 saturated heterocycles. The lowest BCUT2D eigenvalue weighted by atomic mass is 9.84. The standard InChI is InChI=1S/C17H21N3O/c1-3-20(2)17(21)13-9-10-15-14(11-13)16(19-18-15)12-7-5-4-6-8-12/h4-8,13H,3,9-11H2,1-2H3,(H,18,19)/t13-/m0/s1. The number of nitrogens with zero attached hydrogens (tertiary/aromatic N) is 2. The molecule has 1 aromatic heterocycles. The van der Waals surface area contributed by atoms with Gasteiger partial charge in [0, 0.05) is 36.3 Å². The maximum absolute atomic E-state index is 12.4. The Balaban J connectivity index is 1.88. The molecule has 1 heterocycles. The van der Waals surface area contributed by atoms with Crippen LogP contribution in [-0.4, -0.2) is 34.6 Å². The lowest BCUT2D eigenvalue weighted by Gasteiger charge is -2.26. The molecule has 0 unspecified atom stereocenters. The molecule has 4 heteroatoms. The van der Waals surface area contributed by atoms with Gasteiger partial charge < -0.3 is 4.90 Å². The fourth-order valence-electron chi connectivity index (χ4n) is 3.01. The third-order valence-corrected chi connectivity index (χ3v) is 4.39. The molecule has 0 radical (unpaired) electrons. The van der Waals surface area contributed by atoms with Crippen LogP contribution in [0.3, 0.4) is 0 Å². The summed E-state index contributed by atoms with van der Waals surface area (Å²) in [7, 11) is 1.88. The van der Waals surface area contributed by atoms with Crippen molar-refractivity contribution in [3.05, 3.63) is 41.6 Å². The highest BCUT2D eigenvalue weighted by molar-refractivity contribution is 5.80. The average Bonchev–Trinajstić information content (AvgIpc) is 2.97. The number of hydrogen-bond donors (Lipinski definition) is 1. The monoisotopic (exact) mass is 283 g/mol. The van der Waals surface area contributed by atoms with Gasteiger partial charge in [0.15, 0.2) is 0 Å². The van der Waals surface area contributed by atoms with Crippen LogP contribution in [0.5, 0.6) is 0 Å². The smallest absolute Gasteiger partial charge is 0.225 e. The maximum atomic E-state index is 12.4. The van der Waals surface area contributed by atoms with Crippen molar-refractivity contribution < 1.29 is 4.79 Å². The predicted octanol–water partition coefficient (Wildman–Crippen LogP) is 2.66. The Morgan fingerprint density at radius 3 is 2.86 bits per heavy atom. The summed E-state index contributed by atoms with van der Waals surface area (Å²) in [5, 5.41) is 7.63. The van der Waals surface area contributed by atoms with Gasteiger partial charge in [-0.15, -0.1) is 0 Å². The third kappa shape index (κ3) is 2.58. The fraction of sp³-hybridized carbons (Fsp3) is 0.412. The van der Waals surface area contributed by atoms with Crippen molar-refractivity contribution in [1.29, 1.82) is 0 Å². The number of amides is 1. The summed E-state index contributed by atoms with van der Waals surface area (Å²) in [5.74, 6) is 0.339. The fourth-order valence-corrected chi connectivity index (χ4v) is 3.01. The van der Waals surface area contributed by atoms with Crippen molar-refractivity contribution in [2.45, 2.75) is 26.2 Å². The van der Waals surface area contributed by atoms with Crippen LogP contribution >= 0.6 is 0 Å². The molecule has 1 aliphatic carbocycles. The second kappa shape index (κ2) is 5.72. The largest absolute Gasteiger partial charge is 0.346 e. The van der Waals surface area contributed by atoms with Gasteiger partial charge in [0.1, 0.15) is 0 Å². The summed E-state index contributed by atoms with van der Waals surface area (Å²) < 4.78 is 0. The van der Waals surface area contributed by atoms with Crippen molar-refractivity contribution in [1.82, 2.24) is 15.1 Å². The van der Waals surface area contributed by atoms with Crippen LogP contribution in [0.4, 0.5) is 0 Å². The number of carbonyl (C=O) groups is 1. The first-order chi connectivity index (χ1) is 10.2. The average molecular weight is 283 g/mol. The number of H-pyrrole nitrogens is 1. The second-order valence-corrected chi connectivity index (χ2v) is 5.69. The molecule has 1 atom stereocenters. The zero-order chi connectivity index (χ0) is 14.8. The van der Waals surface area contributed by atoms with E-state index in [-0.39, 0.29) is 11.8 Å². The van der Waals surface area contributed by atoms with Gasteiger partial charge in [-0.1, -0.05) is 30.3 Å². The van der Waals surface area contributed by atoms with Crippen LogP contribution in [0.1, 0.15) is 24.6 Å². The highest BCUT2D eigenvalue weighted by atomic mass is 16.2. The van der Waals surface area contributed by atoms with E-state index in [1.165, 1.54) is 11.3 Å². The van der Waals surface area contributed by atoms with Crippen molar-refractivity contribution in [3.63, 3.8) is 0 Å². The topological polar surface area (TPSA) is 49.0 Å². The summed E-state index contributed by atoms with van der Waals surface area (Å²) in [5.41, 5.74) is 4.53. The Kier molecular flexibility index (Phi) is 3.78. The van der Waals surface area contributed by atoms with E-state index in [1.807, 2.05) is 37.1 Å². The zero-order valence-electron chi connectivity index (χ0n) is 12.6. The first-order valence-electron chi connectivity index (χ1n) is 7.57. The first kappa shape index (κ1) is 13.9. The van der Waals surface area contributed by atoms with Crippen LogP contribution in [0.2, 0.25) is 0 Å². The minimum absolute atomic E-state index is 0.0857. The lowest BCUT2D eigenvalue weighted by molar-refractivity contribution is -0.134. The molecule has 1 N–H and O–H groups in total. The van der Waals surface area contributed by atoms with E-state index < -0.39 is 0 Å². The normalized spacial score (nSPS) is 17.3. The minimum atomic E-state index is 0.0857. The molecule has 2 aromatic rings. The molecule has 0 aliphatic heterocycles. The number of aryl methyl sites for hydroxylation is 1. The number of hydrogen-bond acceptors (Lipinski definition) is 2. The summed E-state index contributed by atoms with van der Waals surface area (Å²) >= 11 is 0. The van der Waals surface area contributed by atoms with Gasteiger partial charge in [0.25, 0.3) is 0 Å². The Labute approximate surface area is 125 Å². The molecule has 3 rings (SSSR count). The van der Waals surface area contributed by atoms with E-state index in [0.717, 1.165) is 37.1 Å². The molecule has 1 aromatic carbocycles. The SMILES string of the molecule is CCN(C)C(=O)[C@H]1CCc2[nH]nc(-c3ccccc3)c2C1. The molecule has 0 bridgehead atoms. The van der Waals surface area contributed by atoms with Crippen LogP contribution in [-0.2, 0) is 17.6 Å². The molecule has 1 aliphatic rings. The summed E-state index contributed by atoms with van der Waals surface area (Å²) in [6, 6.07) is 10.2. The number of carbonyl (C=O) groups excluding carboxylic acids is 1. The Morgan fingerprint density at radius 1 is 1.38 bits per heavy atom. The molecule has 1 amide bonds. The first-order valence-corrected chi connectivity index (χ1v) is 7.57. The van der Waals surface area contributed by atoms with Crippen molar-refractivity contribution in [2.24, 2.45) is 5.92 Å². The molecular weight excluding hydrogens is 262 g/mol. The van der Waals surface area contributed by atoms with Crippen LogP contribution in [0, 0.1) is 5.92 Å². The Hall–Kier alpha value is -2.10. The lowest BCUT2D eigenvalue weighted by Crippen LogP contribution is -2.35. The molecule has 4 nitrogen and oxygen atoms in total. The van der Waals surface area contributed by atoms with Crippen LogP contribution in [0.15, 0.2) is 30.3 Å². The van der Waals surface area contributed by atoms with Gasteiger partial charge in [0.2, 0.25) is 5.91 Å². The predicted molar refractivity (Wildman–Crippen MR) is 82.8 cm³/mol. The van der Waals surface area contributed by atoms with E-state index in [2.05, 4.69) is 22.3 Å². The van der Waals surface area contributed by atoms with E-state index in [1.54, 1.807) is 0 Å².